The Labute approximate surface area is 126 Å². The molecule has 2 heterocycles. The summed E-state index contributed by atoms with van der Waals surface area (Å²) in [6.07, 6.45) is 3.40. The van der Waals surface area contributed by atoms with Crippen molar-refractivity contribution in [3.05, 3.63) is 0 Å². The van der Waals surface area contributed by atoms with Crippen LogP contribution in [0.5, 0.6) is 0 Å². The Hall–Kier alpha value is -1.30. The van der Waals surface area contributed by atoms with Crippen LogP contribution in [0.25, 0.3) is 0 Å². The van der Waals surface area contributed by atoms with Gasteiger partial charge in [0.25, 0.3) is 0 Å². The lowest BCUT2D eigenvalue weighted by Gasteiger charge is -2.34. The largest absolute Gasteiger partial charge is 0.481 e. The highest BCUT2D eigenvalue weighted by Crippen LogP contribution is 2.22. The highest BCUT2D eigenvalue weighted by molar-refractivity contribution is 5.76. The Kier molecular flexibility index (Phi) is 5.45. The van der Waals surface area contributed by atoms with Gasteiger partial charge in [-0.2, -0.15) is 0 Å². The van der Waals surface area contributed by atoms with E-state index in [2.05, 4.69) is 4.90 Å². The van der Waals surface area contributed by atoms with Crippen LogP contribution in [-0.4, -0.2) is 76.6 Å². The third-order valence-corrected chi connectivity index (χ3v) is 4.66. The molecule has 120 valence electrons. The number of aliphatic carboxylic acids is 1. The van der Waals surface area contributed by atoms with Crippen molar-refractivity contribution in [3.8, 4) is 0 Å². The van der Waals surface area contributed by atoms with Gasteiger partial charge in [-0.25, -0.2) is 4.79 Å². The number of hydrogen-bond donors (Lipinski definition) is 1. The number of nitrogens with zero attached hydrogens (tertiary/aromatic N) is 3. The number of carbonyl (C=O) groups excluding carboxylic acids is 1. The van der Waals surface area contributed by atoms with Crippen LogP contribution in [0.15, 0.2) is 0 Å². The molecule has 2 rings (SSSR count). The Bertz CT molecular complexity index is 388. The van der Waals surface area contributed by atoms with Crippen LogP contribution in [0.4, 0.5) is 4.79 Å². The average Bonchev–Trinajstić information content (AvgIpc) is 2.75. The first-order valence-corrected chi connectivity index (χ1v) is 8.04. The molecule has 0 saturated carbocycles. The van der Waals surface area contributed by atoms with Crippen molar-refractivity contribution in [1.29, 1.82) is 0 Å². The third kappa shape index (κ3) is 3.87. The van der Waals surface area contributed by atoms with Crippen LogP contribution in [0.1, 0.15) is 39.5 Å². The highest BCUT2D eigenvalue weighted by Gasteiger charge is 2.33. The van der Waals surface area contributed by atoms with Crippen molar-refractivity contribution in [2.45, 2.75) is 51.6 Å². The molecule has 0 bridgehead atoms. The second-order valence-corrected chi connectivity index (χ2v) is 6.15. The van der Waals surface area contributed by atoms with E-state index in [0.29, 0.717) is 12.6 Å². The Balaban J connectivity index is 2.00. The molecule has 6 heteroatoms. The third-order valence-electron chi connectivity index (χ3n) is 4.66. The Morgan fingerprint density at radius 3 is 2.67 bits per heavy atom. The summed E-state index contributed by atoms with van der Waals surface area (Å²) in [6, 6.07) is 0.230. The molecule has 0 aromatic heterocycles. The molecule has 2 fully saturated rings. The maximum Gasteiger partial charge on any atom is 0.320 e. The first-order valence-electron chi connectivity index (χ1n) is 8.04. The molecule has 2 aliphatic heterocycles. The number of amides is 2. The molecule has 2 amide bonds. The number of carbonyl (C=O) groups is 2. The summed E-state index contributed by atoms with van der Waals surface area (Å²) in [5.41, 5.74) is 0. The lowest BCUT2D eigenvalue weighted by atomic mass is 10.2. The highest BCUT2D eigenvalue weighted by atomic mass is 16.4. The van der Waals surface area contributed by atoms with Crippen molar-refractivity contribution < 1.29 is 14.7 Å². The van der Waals surface area contributed by atoms with Gasteiger partial charge in [0.15, 0.2) is 0 Å². The fourth-order valence-electron chi connectivity index (χ4n) is 3.56. The number of carboxylic acid groups (broad SMARTS) is 1. The van der Waals surface area contributed by atoms with E-state index in [1.54, 1.807) is 4.90 Å². The van der Waals surface area contributed by atoms with Crippen molar-refractivity contribution in [2.24, 2.45) is 0 Å². The van der Waals surface area contributed by atoms with E-state index >= 15 is 0 Å². The van der Waals surface area contributed by atoms with E-state index in [1.165, 1.54) is 12.8 Å². The van der Waals surface area contributed by atoms with E-state index in [1.807, 2.05) is 18.7 Å². The summed E-state index contributed by atoms with van der Waals surface area (Å²) in [5.74, 6) is -0.855. The van der Waals surface area contributed by atoms with E-state index < -0.39 is 5.97 Å². The van der Waals surface area contributed by atoms with Gasteiger partial charge < -0.3 is 14.9 Å². The van der Waals surface area contributed by atoms with Gasteiger partial charge in [0.1, 0.15) is 0 Å². The first kappa shape index (κ1) is 16.1. The topological polar surface area (TPSA) is 64.1 Å². The average molecular weight is 297 g/mol. The predicted octanol–water partition coefficient (Wildman–Crippen LogP) is 1.46. The van der Waals surface area contributed by atoms with Crippen molar-refractivity contribution >= 4 is 12.0 Å². The van der Waals surface area contributed by atoms with Crippen LogP contribution in [0.2, 0.25) is 0 Å². The molecule has 2 unspecified atom stereocenters. The number of rotatable bonds is 4. The minimum absolute atomic E-state index is 0. The van der Waals surface area contributed by atoms with Crippen LogP contribution >= 0.6 is 0 Å². The quantitative estimate of drug-likeness (QED) is 0.853. The number of carboxylic acids is 1. The molecule has 21 heavy (non-hydrogen) atoms. The number of fused-ring (bicyclic) bond motifs is 1. The monoisotopic (exact) mass is 297 g/mol. The van der Waals surface area contributed by atoms with Gasteiger partial charge in [0.2, 0.25) is 0 Å². The molecular weight excluding hydrogens is 270 g/mol. The molecular formula is C15H27N3O3. The smallest absolute Gasteiger partial charge is 0.320 e. The zero-order valence-electron chi connectivity index (χ0n) is 13.1. The van der Waals surface area contributed by atoms with Gasteiger partial charge in [0, 0.05) is 38.3 Å². The summed E-state index contributed by atoms with van der Waals surface area (Å²) < 4.78 is 0. The molecule has 2 aliphatic rings. The van der Waals surface area contributed by atoms with E-state index in [0.717, 1.165) is 32.6 Å². The number of hydrogen-bond acceptors (Lipinski definition) is 3. The maximum absolute atomic E-state index is 12.7. The fraction of sp³-hybridized carbons (Fsp3) is 0.867. The van der Waals surface area contributed by atoms with Gasteiger partial charge in [0.05, 0.1) is 6.42 Å². The standard InChI is InChI=1S/C15H27N3O3/c1-3-18(12(2)10-14(19)20)15(21)17-9-5-8-16-7-4-6-13(16)11-17/h12-13H,3-11H2,1-2H3,(H,19,20). The van der Waals surface area contributed by atoms with Crippen LogP contribution < -0.4 is 0 Å². The molecule has 0 aliphatic carbocycles. The zero-order chi connectivity index (χ0) is 15.4. The van der Waals surface area contributed by atoms with Crippen LogP contribution in [0, 0.1) is 0 Å². The minimum Gasteiger partial charge on any atom is -0.481 e. The maximum atomic E-state index is 12.7. The zero-order valence-corrected chi connectivity index (χ0v) is 13.1. The van der Waals surface area contributed by atoms with Gasteiger partial charge >= 0.3 is 12.0 Å². The molecule has 6 nitrogen and oxygen atoms in total. The molecule has 0 radical (unpaired) electrons. The second-order valence-electron chi connectivity index (χ2n) is 6.15. The lowest BCUT2D eigenvalue weighted by Crippen LogP contribution is -2.50. The van der Waals surface area contributed by atoms with Crippen molar-refractivity contribution in [1.82, 2.24) is 14.7 Å². The molecule has 2 saturated heterocycles. The van der Waals surface area contributed by atoms with Crippen LogP contribution in [-0.2, 0) is 4.79 Å². The molecule has 0 aromatic carbocycles. The predicted molar refractivity (Wildman–Crippen MR) is 80.3 cm³/mol. The summed E-state index contributed by atoms with van der Waals surface area (Å²) in [5, 5.41) is 8.93. The SMILES string of the molecule is CCN(C(=O)N1CCCN2CCCC2C1)C(C)CC(=O)O. The van der Waals surface area contributed by atoms with Gasteiger partial charge in [-0.3, -0.25) is 9.69 Å². The van der Waals surface area contributed by atoms with E-state index in [4.69, 9.17) is 5.11 Å². The summed E-state index contributed by atoms with van der Waals surface area (Å²) in [7, 11) is 0. The summed E-state index contributed by atoms with van der Waals surface area (Å²) in [6.45, 7) is 8.07. The van der Waals surface area contributed by atoms with Gasteiger partial charge in [-0.05, 0) is 39.7 Å². The van der Waals surface area contributed by atoms with Crippen molar-refractivity contribution in [2.75, 3.05) is 32.7 Å². The molecule has 0 aromatic rings. The summed E-state index contributed by atoms with van der Waals surface area (Å²) in [4.78, 5) is 29.7. The van der Waals surface area contributed by atoms with E-state index in [-0.39, 0.29) is 18.5 Å². The van der Waals surface area contributed by atoms with Gasteiger partial charge in [-0.15, -0.1) is 0 Å². The molecule has 2 atom stereocenters. The normalized spacial score (nSPS) is 24.3. The lowest BCUT2D eigenvalue weighted by molar-refractivity contribution is -0.138. The second kappa shape index (κ2) is 7.11. The van der Waals surface area contributed by atoms with Crippen LogP contribution in [0.3, 0.4) is 0 Å². The van der Waals surface area contributed by atoms with Gasteiger partial charge in [-0.1, -0.05) is 0 Å². The number of urea groups is 1. The Morgan fingerprint density at radius 2 is 2.00 bits per heavy atom. The van der Waals surface area contributed by atoms with Crippen molar-refractivity contribution in [3.63, 3.8) is 0 Å². The Morgan fingerprint density at radius 1 is 1.29 bits per heavy atom. The fourth-order valence-corrected chi connectivity index (χ4v) is 3.56. The molecule has 0 spiro atoms. The van der Waals surface area contributed by atoms with E-state index in [9.17, 15) is 9.59 Å². The first-order chi connectivity index (χ1) is 10.0. The minimum atomic E-state index is -0.855. The summed E-state index contributed by atoms with van der Waals surface area (Å²) >= 11 is 0. The molecule has 1 N–H and O–H groups in total.